The molecule has 0 unspecified atom stereocenters. The summed E-state index contributed by atoms with van der Waals surface area (Å²) in [5, 5.41) is 19.2. The van der Waals surface area contributed by atoms with E-state index in [2.05, 4.69) is 0 Å². The zero-order chi connectivity index (χ0) is 12.7. The largest absolute Gasteiger partial charge is 0.508 e. The zero-order valence-electron chi connectivity index (χ0n) is 8.79. The Kier molecular flexibility index (Phi) is 4.97. The number of hydrogen-bond donors (Lipinski definition) is 1. The maximum Gasteiger partial charge on any atom is 0.269 e. The number of hydrogen-bond acceptors (Lipinski definition) is 3. The maximum atomic E-state index is 10.1. The molecule has 4 nitrogen and oxygen atoms in total. The second-order valence-electron chi connectivity index (χ2n) is 3.07. The molecule has 0 saturated heterocycles. The molecule has 0 fully saturated rings. The monoisotopic (exact) mass is 251 g/mol. The van der Waals surface area contributed by atoms with Gasteiger partial charge in [0.1, 0.15) is 5.75 Å². The third kappa shape index (κ3) is 4.99. The van der Waals surface area contributed by atoms with Crippen LogP contribution in [0.3, 0.4) is 0 Å². The molecule has 0 atom stereocenters. The first-order chi connectivity index (χ1) is 8.09. The number of phenols is 1. The molecule has 0 aliphatic heterocycles. The molecule has 0 bridgehead atoms. The maximum absolute atomic E-state index is 10.1. The van der Waals surface area contributed by atoms with Gasteiger partial charge in [-0.25, -0.2) is 0 Å². The highest BCUT2D eigenvalue weighted by molar-refractivity contribution is 6.30. The van der Waals surface area contributed by atoms with E-state index >= 15 is 0 Å². The van der Waals surface area contributed by atoms with Crippen molar-refractivity contribution in [2.24, 2.45) is 0 Å². The highest BCUT2D eigenvalue weighted by atomic mass is 35.5. The predicted molar refractivity (Wildman–Crippen MR) is 66.2 cm³/mol. The lowest BCUT2D eigenvalue weighted by atomic mass is 10.3. The molecule has 2 rings (SSSR count). The average molecular weight is 252 g/mol. The lowest BCUT2D eigenvalue weighted by molar-refractivity contribution is -0.384. The smallest absolute Gasteiger partial charge is 0.269 e. The van der Waals surface area contributed by atoms with Crippen molar-refractivity contribution in [3.8, 4) is 5.75 Å². The molecule has 0 saturated carbocycles. The average Bonchev–Trinajstić information content (AvgIpc) is 2.31. The fraction of sp³-hybridized carbons (Fsp3) is 0. The second kappa shape index (κ2) is 6.50. The zero-order valence-corrected chi connectivity index (χ0v) is 9.54. The van der Waals surface area contributed by atoms with E-state index in [9.17, 15) is 10.1 Å². The van der Waals surface area contributed by atoms with E-state index in [4.69, 9.17) is 16.7 Å². The van der Waals surface area contributed by atoms with Gasteiger partial charge < -0.3 is 5.11 Å². The molecule has 1 N–H and O–H groups in total. The Morgan fingerprint density at radius 2 is 1.53 bits per heavy atom. The van der Waals surface area contributed by atoms with Crippen molar-refractivity contribution in [2.45, 2.75) is 0 Å². The van der Waals surface area contributed by atoms with Crippen LogP contribution >= 0.6 is 11.6 Å². The number of nitrogens with zero attached hydrogens (tertiary/aromatic N) is 1. The van der Waals surface area contributed by atoms with Gasteiger partial charge in [0.05, 0.1) is 4.92 Å². The molecule has 5 heteroatoms. The van der Waals surface area contributed by atoms with Crippen LogP contribution in [-0.4, -0.2) is 10.0 Å². The van der Waals surface area contributed by atoms with E-state index in [0.29, 0.717) is 10.8 Å². The third-order valence-corrected chi connectivity index (χ3v) is 2.05. The first-order valence-corrected chi connectivity index (χ1v) is 5.11. The van der Waals surface area contributed by atoms with Crippen LogP contribution in [-0.2, 0) is 0 Å². The predicted octanol–water partition coefficient (Wildman–Crippen LogP) is 3.64. The Hall–Kier alpha value is -2.07. The fourth-order valence-corrected chi connectivity index (χ4v) is 1.12. The summed E-state index contributed by atoms with van der Waals surface area (Å²) in [5.74, 6) is 0.322. The number of non-ortho nitro benzene ring substituents is 1. The van der Waals surface area contributed by atoms with Crippen molar-refractivity contribution in [1.82, 2.24) is 0 Å². The van der Waals surface area contributed by atoms with E-state index in [-0.39, 0.29) is 5.69 Å². The van der Waals surface area contributed by atoms with Crippen LogP contribution in [0.25, 0.3) is 0 Å². The second-order valence-corrected chi connectivity index (χ2v) is 3.51. The van der Waals surface area contributed by atoms with Crippen LogP contribution in [0, 0.1) is 10.1 Å². The molecule has 17 heavy (non-hydrogen) atoms. The quantitative estimate of drug-likeness (QED) is 0.622. The minimum absolute atomic E-state index is 0.0596. The summed E-state index contributed by atoms with van der Waals surface area (Å²) in [6, 6.07) is 14.4. The number of aromatic hydroxyl groups is 1. The number of phenolic OH excluding ortho intramolecular Hbond substituents is 1. The number of nitro benzene ring substituents is 1. The van der Waals surface area contributed by atoms with Gasteiger partial charge in [-0.3, -0.25) is 10.1 Å². The number of para-hydroxylation sites is 1. The molecule has 0 aromatic heterocycles. The first-order valence-electron chi connectivity index (χ1n) is 4.73. The molecular formula is C12H10ClNO3. The molecule has 0 aliphatic carbocycles. The van der Waals surface area contributed by atoms with Crippen molar-refractivity contribution in [3.63, 3.8) is 0 Å². The van der Waals surface area contributed by atoms with E-state index in [1.807, 2.05) is 6.07 Å². The Bertz CT molecular complexity index is 471. The number of nitro groups is 1. The van der Waals surface area contributed by atoms with Gasteiger partial charge in [0, 0.05) is 17.2 Å². The summed E-state index contributed by atoms with van der Waals surface area (Å²) >= 11 is 5.49. The van der Waals surface area contributed by atoms with Crippen molar-refractivity contribution < 1.29 is 10.0 Å². The molecule has 0 radical (unpaired) electrons. The molecule has 2 aromatic carbocycles. The lowest BCUT2D eigenvalue weighted by Gasteiger charge is -1.88. The summed E-state index contributed by atoms with van der Waals surface area (Å²) < 4.78 is 0. The molecular weight excluding hydrogens is 242 g/mol. The number of benzene rings is 2. The van der Waals surface area contributed by atoms with E-state index in [1.165, 1.54) is 24.3 Å². The first kappa shape index (κ1) is 13.0. The highest BCUT2D eigenvalue weighted by Gasteiger charge is 2.01. The van der Waals surface area contributed by atoms with Crippen LogP contribution in [0.4, 0.5) is 5.69 Å². The van der Waals surface area contributed by atoms with Gasteiger partial charge in [0.25, 0.3) is 5.69 Å². The molecule has 2 aromatic rings. The van der Waals surface area contributed by atoms with Gasteiger partial charge in [-0.05, 0) is 24.3 Å². The minimum Gasteiger partial charge on any atom is -0.508 e. The summed E-state index contributed by atoms with van der Waals surface area (Å²) in [7, 11) is 0. The van der Waals surface area contributed by atoms with Gasteiger partial charge in [0.15, 0.2) is 0 Å². The van der Waals surface area contributed by atoms with Gasteiger partial charge in [0.2, 0.25) is 0 Å². The lowest BCUT2D eigenvalue weighted by Crippen LogP contribution is -1.85. The minimum atomic E-state index is -0.462. The molecule has 0 aliphatic rings. The van der Waals surface area contributed by atoms with Crippen LogP contribution in [0.5, 0.6) is 5.75 Å². The van der Waals surface area contributed by atoms with Crippen LogP contribution in [0.15, 0.2) is 54.6 Å². The van der Waals surface area contributed by atoms with E-state index in [1.54, 1.807) is 24.3 Å². The van der Waals surface area contributed by atoms with Crippen LogP contribution in [0.1, 0.15) is 0 Å². The summed E-state index contributed by atoms with van der Waals surface area (Å²) in [6.45, 7) is 0. The number of rotatable bonds is 1. The normalized spacial score (nSPS) is 9.00. The Labute approximate surface area is 103 Å². The molecule has 0 spiro atoms. The van der Waals surface area contributed by atoms with Gasteiger partial charge in [-0.2, -0.15) is 0 Å². The van der Waals surface area contributed by atoms with Gasteiger partial charge in [-0.15, -0.1) is 0 Å². The Balaban J connectivity index is 0.000000181. The topological polar surface area (TPSA) is 63.4 Å². The summed E-state index contributed by atoms with van der Waals surface area (Å²) in [4.78, 5) is 9.61. The summed E-state index contributed by atoms with van der Waals surface area (Å²) in [6.07, 6.45) is 0. The number of halogens is 1. The fourth-order valence-electron chi connectivity index (χ4n) is 0.991. The SMILES string of the molecule is O=[N+]([O-])c1ccc(Cl)cc1.Oc1ccccc1. The Morgan fingerprint density at radius 1 is 1.00 bits per heavy atom. The third-order valence-electron chi connectivity index (χ3n) is 1.79. The van der Waals surface area contributed by atoms with Gasteiger partial charge in [-0.1, -0.05) is 29.8 Å². The highest BCUT2D eigenvalue weighted by Crippen LogP contribution is 2.14. The van der Waals surface area contributed by atoms with Crippen molar-refractivity contribution in [2.75, 3.05) is 0 Å². The van der Waals surface area contributed by atoms with Crippen LogP contribution in [0.2, 0.25) is 5.02 Å². The van der Waals surface area contributed by atoms with Crippen LogP contribution < -0.4 is 0 Å². The van der Waals surface area contributed by atoms with Gasteiger partial charge >= 0.3 is 0 Å². The molecule has 0 heterocycles. The van der Waals surface area contributed by atoms with E-state index < -0.39 is 4.92 Å². The molecule has 88 valence electrons. The molecule has 0 amide bonds. The Morgan fingerprint density at radius 3 is 1.88 bits per heavy atom. The van der Waals surface area contributed by atoms with Crippen molar-refractivity contribution in [3.05, 3.63) is 69.7 Å². The van der Waals surface area contributed by atoms with Crippen molar-refractivity contribution >= 4 is 17.3 Å². The van der Waals surface area contributed by atoms with Crippen molar-refractivity contribution in [1.29, 1.82) is 0 Å². The van der Waals surface area contributed by atoms with E-state index in [0.717, 1.165) is 0 Å². The summed E-state index contributed by atoms with van der Waals surface area (Å²) in [5.41, 5.74) is 0.0596. The standard InChI is InChI=1S/C6H4ClNO2.C6H6O/c7-5-1-3-6(4-2-5)8(9)10;7-6-4-2-1-3-5-6/h1-4H;1-5,7H.